The maximum absolute atomic E-state index is 12.8. The van der Waals surface area contributed by atoms with E-state index in [1.54, 1.807) is 26.2 Å². The standard InChI is InChI=1S/C25H27N3O5/c1-16-8-13-21(29)28-22(16)24(31)27-20(14-17-6-4-3-5-7-17)23(30)25(32)26-15-18-9-11-19(33-2)12-10-18/h3-13,20,23,30H,14-15H2,1-2H3,(H,26,32)(H,27,31)(H,28,29)/t20-,23?/m0/s1. The van der Waals surface area contributed by atoms with Gasteiger partial charge in [0.2, 0.25) is 5.56 Å². The van der Waals surface area contributed by atoms with Gasteiger partial charge in [0.1, 0.15) is 11.4 Å². The molecule has 0 aliphatic heterocycles. The van der Waals surface area contributed by atoms with Gasteiger partial charge in [-0.25, -0.2) is 0 Å². The Morgan fingerprint density at radius 2 is 1.70 bits per heavy atom. The molecule has 0 spiro atoms. The van der Waals surface area contributed by atoms with E-state index in [9.17, 15) is 19.5 Å². The molecule has 33 heavy (non-hydrogen) atoms. The average Bonchev–Trinajstić information content (AvgIpc) is 2.84. The van der Waals surface area contributed by atoms with Crippen LogP contribution in [0.1, 0.15) is 27.2 Å². The van der Waals surface area contributed by atoms with Gasteiger partial charge in [-0.1, -0.05) is 48.5 Å². The molecule has 8 heteroatoms. The number of amides is 2. The summed E-state index contributed by atoms with van der Waals surface area (Å²) in [6.07, 6.45) is -1.29. The molecule has 0 saturated carbocycles. The summed E-state index contributed by atoms with van der Waals surface area (Å²) in [5.41, 5.74) is 1.92. The summed E-state index contributed by atoms with van der Waals surface area (Å²) in [7, 11) is 1.57. The minimum atomic E-state index is -1.51. The van der Waals surface area contributed by atoms with E-state index in [0.717, 1.165) is 11.1 Å². The highest BCUT2D eigenvalue weighted by Crippen LogP contribution is 2.12. The molecule has 2 atom stereocenters. The number of aliphatic hydroxyl groups is 1. The number of carbonyl (C=O) groups is 2. The quantitative estimate of drug-likeness (QED) is 0.396. The zero-order valence-electron chi connectivity index (χ0n) is 18.5. The van der Waals surface area contributed by atoms with E-state index >= 15 is 0 Å². The van der Waals surface area contributed by atoms with E-state index in [1.807, 2.05) is 42.5 Å². The van der Waals surface area contributed by atoms with Crippen molar-refractivity contribution >= 4 is 11.8 Å². The van der Waals surface area contributed by atoms with Gasteiger partial charge < -0.3 is 25.5 Å². The molecule has 8 nitrogen and oxygen atoms in total. The highest BCUT2D eigenvalue weighted by Gasteiger charge is 2.28. The number of aryl methyl sites for hydroxylation is 1. The molecular weight excluding hydrogens is 422 g/mol. The van der Waals surface area contributed by atoms with E-state index < -0.39 is 29.5 Å². The third kappa shape index (κ3) is 6.54. The van der Waals surface area contributed by atoms with Gasteiger partial charge in [-0.2, -0.15) is 0 Å². The molecule has 0 aliphatic carbocycles. The van der Waals surface area contributed by atoms with Crippen molar-refractivity contribution in [1.82, 2.24) is 15.6 Å². The SMILES string of the molecule is COc1ccc(CNC(=O)C(O)[C@H](Cc2ccccc2)NC(=O)c2[nH]c(=O)ccc2C)cc1. The van der Waals surface area contributed by atoms with Crippen LogP contribution in [0.2, 0.25) is 0 Å². The summed E-state index contributed by atoms with van der Waals surface area (Å²) >= 11 is 0. The number of nitrogens with one attached hydrogen (secondary N) is 3. The largest absolute Gasteiger partial charge is 0.497 e. The molecule has 1 aromatic heterocycles. The molecule has 0 fully saturated rings. The van der Waals surface area contributed by atoms with Crippen molar-refractivity contribution in [3.05, 3.63) is 99.5 Å². The first-order valence-corrected chi connectivity index (χ1v) is 10.5. The van der Waals surface area contributed by atoms with Crippen molar-refractivity contribution in [3.8, 4) is 5.75 Å². The Labute approximate surface area is 191 Å². The van der Waals surface area contributed by atoms with Crippen LogP contribution in [0.25, 0.3) is 0 Å². The van der Waals surface area contributed by atoms with Crippen LogP contribution in [0.15, 0.2) is 71.5 Å². The molecule has 3 aromatic rings. The van der Waals surface area contributed by atoms with Crippen LogP contribution in [0.3, 0.4) is 0 Å². The van der Waals surface area contributed by atoms with E-state index in [0.29, 0.717) is 11.3 Å². The summed E-state index contributed by atoms with van der Waals surface area (Å²) in [5, 5.41) is 16.2. The maximum atomic E-state index is 12.8. The summed E-state index contributed by atoms with van der Waals surface area (Å²) in [5.74, 6) is -0.497. The predicted octanol–water partition coefficient (Wildman–Crippen LogP) is 1.71. The maximum Gasteiger partial charge on any atom is 0.268 e. The van der Waals surface area contributed by atoms with Crippen LogP contribution in [-0.2, 0) is 17.8 Å². The summed E-state index contributed by atoms with van der Waals surface area (Å²) in [6.45, 7) is 1.89. The Hall–Kier alpha value is -3.91. The minimum Gasteiger partial charge on any atom is -0.497 e. The van der Waals surface area contributed by atoms with E-state index in [1.165, 1.54) is 12.1 Å². The molecule has 0 bridgehead atoms. The molecule has 0 aliphatic rings. The van der Waals surface area contributed by atoms with Crippen LogP contribution in [0, 0.1) is 6.92 Å². The summed E-state index contributed by atoms with van der Waals surface area (Å²) < 4.78 is 5.12. The second-order valence-corrected chi connectivity index (χ2v) is 7.66. The van der Waals surface area contributed by atoms with E-state index in [4.69, 9.17) is 4.74 Å². The first-order chi connectivity index (χ1) is 15.9. The number of methoxy groups -OCH3 is 1. The lowest BCUT2D eigenvalue weighted by molar-refractivity contribution is -0.130. The van der Waals surface area contributed by atoms with Gasteiger partial charge in [0.25, 0.3) is 11.8 Å². The molecule has 2 aromatic carbocycles. The number of ether oxygens (including phenoxy) is 1. The number of benzene rings is 2. The van der Waals surface area contributed by atoms with Crippen molar-refractivity contribution in [1.29, 1.82) is 0 Å². The first kappa shape index (κ1) is 23.7. The number of hydrogen-bond acceptors (Lipinski definition) is 5. The van der Waals surface area contributed by atoms with E-state index in [-0.39, 0.29) is 18.7 Å². The number of rotatable bonds is 9. The lowest BCUT2D eigenvalue weighted by atomic mass is 10.00. The average molecular weight is 450 g/mol. The number of H-pyrrole nitrogens is 1. The number of carbonyl (C=O) groups excluding carboxylic acids is 2. The molecule has 3 rings (SSSR count). The Morgan fingerprint density at radius 3 is 2.36 bits per heavy atom. The van der Waals surface area contributed by atoms with Crippen LogP contribution >= 0.6 is 0 Å². The number of pyridine rings is 1. The van der Waals surface area contributed by atoms with Gasteiger partial charge in [0, 0.05) is 12.6 Å². The zero-order chi connectivity index (χ0) is 23.8. The second kappa shape index (κ2) is 11.1. The van der Waals surface area contributed by atoms with Crippen LogP contribution in [-0.4, -0.2) is 41.2 Å². The third-order valence-corrected chi connectivity index (χ3v) is 5.24. The predicted molar refractivity (Wildman–Crippen MR) is 124 cm³/mol. The Kier molecular flexibility index (Phi) is 7.99. The molecule has 0 saturated heterocycles. The molecule has 1 unspecified atom stereocenters. The fourth-order valence-electron chi connectivity index (χ4n) is 3.35. The smallest absolute Gasteiger partial charge is 0.268 e. The normalized spacial score (nSPS) is 12.5. The van der Waals surface area contributed by atoms with Gasteiger partial charge in [-0.3, -0.25) is 14.4 Å². The fraction of sp³-hybridized carbons (Fsp3) is 0.240. The van der Waals surface area contributed by atoms with Crippen molar-refractivity contribution in [2.24, 2.45) is 0 Å². The highest BCUT2D eigenvalue weighted by molar-refractivity contribution is 5.94. The van der Waals surface area contributed by atoms with Crippen LogP contribution in [0.4, 0.5) is 0 Å². The number of aromatic amines is 1. The number of aromatic nitrogens is 1. The van der Waals surface area contributed by atoms with Gasteiger partial charge in [0.05, 0.1) is 13.2 Å². The lowest BCUT2D eigenvalue weighted by Gasteiger charge is -2.24. The van der Waals surface area contributed by atoms with Crippen molar-refractivity contribution in [2.45, 2.75) is 32.0 Å². The number of aliphatic hydroxyl groups excluding tert-OH is 1. The Balaban J connectivity index is 1.74. The van der Waals surface area contributed by atoms with Gasteiger partial charge >= 0.3 is 0 Å². The topological polar surface area (TPSA) is 121 Å². The molecule has 1 heterocycles. The third-order valence-electron chi connectivity index (χ3n) is 5.24. The minimum absolute atomic E-state index is 0.0893. The molecule has 2 amide bonds. The van der Waals surface area contributed by atoms with E-state index in [2.05, 4.69) is 15.6 Å². The van der Waals surface area contributed by atoms with Gasteiger partial charge in [-0.05, 0) is 42.2 Å². The highest BCUT2D eigenvalue weighted by atomic mass is 16.5. The van der Waals surface area contributed by atoms with Crippen LogP contribution < -0.4 is 20.9 Å². The molecule has 0 radical (unpaired) electrons. The van der Waals surface area contributed by atoms with Crippen molar-refractivity contribution in [3.63, 3.8) is 0 Å². The van der Waals surface area contributed by atoms with Crippen molar-refractivity contribution in [2.75, 3.05) is 7.11 Å². The van der Waals surface area contributed by atoms with Crippen LogP contribution in [0.5, 0.6) is 5.75 Å². The summed E-state index contributed by atoms with van der Waals surface area (Å²) in [6, 6.07) is 18.3. The monoisotopic (exact) mass is 449 g/mol. The molecule has 4 N–H and O–H groups in total. The number of hydrogen-bond donors (Lipinski definition) is 4. The lowest BCUT2D eigenvalue weighted by Crippen LogP contribution is -2.51. The van der Waals surface area contributed by atoms with Gasteiger partial charge in [-0.15, -0.1) is 0 Å². The second-order valence-electron chi connectivity index (χ2n) is 7.66. The Morgan fingerprint density at radius 1 is 1.00 bits per heavy atom. The van der Waals surface area contributed by atoms with Crippen molar-refractivity contribution < 1.29 is 19.4 Å². The molecule has 172 valence electrons. The molecular formula is C25H27N3O5. The summed E-state index contributed by atoms with van der Waals surface area (Å²) in [4.78, 5) is 39.7. The Bertz CT molecular complexity index is 1140. The zero-order valence-corrected chi connectivity index (χ0v) is 18.5. The van der Waals surface area contributed by atoms with Gasteiger partial charge in [0.15, 0.2) is 6.10 Å². The first-order valence-electron chi connectivity index (χ1n) is 10.5. The fourth-order valence-corrected chi connectivity index (χ4v) is 3.35.